The van der Waals surface area contributed by atoms with E-state index in [0.29, 0.717) is 19.3 Å². The van der Waals surface area contributed by atoms with Crippen LogP contribution in [-0.4, -0.2) is 28.6 Å². The van der Waals surface area contributed by atoms with Gasteiger partial charge in [0.05, 0.1) is 0 Å². The molecule has 2 N–H and O–H groups in total. The monoisotopic (exact) mass is 227 g/mol. The van der Waals surface area contributed by atoms with E-state index in [2.05, 4.69) is 15.5 Å². The van der Waals surface area contributed by atoms with Crippen molar-refractivity contribution < 1.29 is 19.5 Å². The molecule has 0 aromatic carbocycles. The van der Waals surface area contributed by atoms with Crippen LogP contribution in [-0.2, 0) is 14.4 Å². The molecule has 2 heterocycles. The van der Waals surface area contributed by atoms with Gasteiger partial charge in [-0.3, -0.25) is 19.7 Å². The number of imide groups is 1. The molecular formula is C9H13N3O4. The summed E-state index contributed by atoms with van der Waals surface area (Å²) in [5.41, 5.74) is -0.349. The maximum absolute atomic E-state index is 10.1. The van der Waals surface area contributed by atoms with Gasteiger partial charge in [0.15, 0.2) is 5.66 Å². The minimum atomic E-state index is -0.784. The zero-order valence-corrected chi connectivity index (χ0v) is 8.89. The van der Waals surface area contributed by atoms with Crippen molar-refractivity contribution in [3.63, 3.8) is 0 Å². The molecule has 7 heteroatoms. The average Bonchev–Trinajstić information content (AvgIpc) is 2.81. The summed E-state index contributed by atoms with van der Waals surface area (Å²) in [7, 11) is 0. The molecule has 0 saturated carbocycles. The normalized spacial score (nSPS) is 19.8. The highest BCUT2D eigenvalue weighted by Crippen LogP contribution is 2.31. The second-order valence-corrected chi connectivity index (χ2v) is 3.78. The maximum atomic E-state index is 10.1. The molecule has 16 heavy (non-hydrogen) atoms. The number of carbonyl (C=O) groups excluding carboxylic acids is 2. The first kappa shape index (κ1) is 12.3. The van der Waals surface area contributed by atoms with Crippen LogP contribution in [0.15, 0.2) is 10.2 Å². The van der Waals surface area contributed by atoms with Crippen LogP contribution in [0.2, 0.25) is 0 Å². The van der Waals surface area contributed by atoms with Crippen LogP contribution in [0.4, 0.5) is 0 Å². The molecular weight excluding hydrogens is 214 g/mol. The number of nitrogens with one attached hydrogen (secondary N) is 1. The molecule has 1 saturated heterocycles. The fourth-order valence-electron chi connectivity index (χ4n) is 1.04. The number of amides is 2. The summed E-state index contributed by atoms with van der Waals surface area (Å²) >= 11 is 0. The number of carboxylic acid groups (broad SMARTS) is 1. The summed E-state index contributed by atoms with van der Waals surface area (Å²) in [6.07, 6.45) is 1.43. The molecule has 88 valence electrons. The lowest BCUT2D eigenvalue weighted by atomic mass is 10.1. The van der Waals surface area contributed by atoms with Crippen molar-refractivity contribution in [1.29, 1.82) is 0 Å². The quantitative estimate of drug-likeness (QED) is 0.682. The highest BCUT2D eigenvalue weighted by Gasteiger charge is 2.33. The number of rotatable bonds is 3. The molecule has 1 fully saturated rings. The zero-order valence-electron chi connectivity index (χ0n) is 8.89. The molecule has 0 bridgehead atoms. The Morgan fingerprint density at radius 3 is 2.12 bits per heavy atom. The second-order valence-electron chi connectivity index (χ2n) is 3.78. The third-order valence-electron chi connectivity index (χ3n) is 2.11. The highest BCUT2D eigenvalue weighted by atomic mass is 16.4. The Morgan fingerprint density at radius 2 is 1.88 bits per heavy atom. The van der Waals surface area contributed by atoms with E-state index in [-0.39, 0.29) is 23.9 Å². The van der Waals surface area contributed by atoms with E-state index in [4.69, 9.17) is 5.11 Å². The number of hydrogen-bond donors (Lipinski definition) is 2. The molecule has 7 nitrogen and oxygen atoms in total. The molecule has 2 aliphatic rings. The van der Waals surface area contributed by atoms with Gasteiger partial charge in [0.25, 0.3) is 0 Å². The van der Waals surface area contributed by atoms with E-state index in [1.807, 2.05) is 6.92 Å². The van der Waals surface area contributed by atoms with Crippen LogP contribution in [0.3, 0.4) is 0 Å². The standard InChI is InChI=1S/C5H8N2O2.C4H5NO2/c1-5(6-7-5)3-2-4(8)9;6-3-1-2-4(7)5-3/h2-3H2,1H3,(H,8,9);1-2H2,(H,5,6,7). The molecule has 0 unspecified atom stereocenters. The molecule has 2 aliphatic heterocycles. The summed E-state index contributed by atoms with van der Waals surface area (Å²) < 4.78 is 0. The van der Waals surface area contributed by atoms with Gasteiger partial charge in [-0.25, -0.2) is 0 Å². The van der Waals surface area contributed by atoms with Crippen molar-refractivity contribution in [2.24, 2.45) is 10.2 Å². The largest absolute Gasteiger partial charge is 0.481 e. The Bertz CT molecular complexity index is 331. The summed E-state index contributed by atoms with van der Waals surface area (Å²) in [6, 6.07) is 0. The summed E-state index contributed by atoms with van der Waals surface area (Å²) in [5, 5.41) is 17.7. The van der Waals surface area contributed by atoms with E-state index >= 15 is 0 Å². The topological polar surface area (TPSA) is 108 Å². The summed E-state index contributed by atoms with van der Waals surface area (Å²) in [5.74, 6) is -1.08. The fraction of sp³-hybridized carbons (Fsp3) is 0.667. The molecule has 0 aromatic rings. The number of nitrogens with zero attached hydrogens (tertiary/aromatic N) is 2. The van der Waals surface area contributed by atoms with Gasteiger partial charge in [0.2, 0.25) is 11.8 Å². The SMILES string of the molecule is CC1(CCC(=O)O)N=N1.O=C1CCC(=O)N1. The van der Waals surface area contributed by atoms with Crippen molar-refractivity contribution in [3.05, 3.63) is 0 Å². The van der Waals surface area contributed by atoms with Crippen molar-refractivity contribution in [2.45, 2.75) is 38.3 Å². The van der Waals surface area contributed by atoms with Crippen LogP contribution in [0.5, 0.6) is 0 Å². The summed E-state index contributed by atoms with van der Waals surface area (Å²) in [4.78, 5) is 30.2. The molecule has 0 radical (unpaired) electrons. The van der Waals surface area contributed by atoms with Gasteiger partial charge in [-0.1, -0.05) is 0 Å². The molecule has 0 atom stereocenters. The van der Waals surface area contributed by atoms with E-state index in [1.54, 1.807) is 0 Å². The molecule has 2 rings (SSSR count). The third-order valence-corrected chi connectivity index (χ3v) is 2.11. The van der Waals surface area contributed by atoms with Crippen LogP contribution >= 0.6 is 0 Å². The van der Waals surface area contributed by atoms with Crippen LogP contribution in [0.25, 0.3) is 0 Å². The Labute approximate surface area is 91.9 Å². The van der Waals surface area contributed by atoms with Crippen molar-refractivity contribution >= 4 is 17.8 Å². The first-order chi connectivity index (χ1) is 7.41. The van der Waals surface area contributed by atoms with Gasteiger partial charge < -0.3 is 5.11 Å². The minimum absolute atomic E-state index is 0.148. The Balaban J connectivity index is 0.000000165. The lowest BCUT2D eigenvalue weighted by Crippen LogP contribution is -2.18. The molecule has 0 spiro atoms. The Morgan fingerprint density at radius 1 is 1.38 bits per heavy atom. The van der Waals surface area contributed by atoms with E-state index < -0.39 is 5.97 Å². The van der Waals surface area contributed by atoms with Crippen molar-refractivity contribution in [2.75, 3.05) is 0 Å². The molecule has 0 aliphatic carbocycles. The predicted octanol–water partition coefficient (Wildman–Crippen LogP) is 0.456. The Kier molecular flexibility index (Phi) is 3.70. The third kappa shape index (κ3) is 4.63. The number of hydrogen-bond acceptors (Lipinski definition) is 5. The van der Waals surface area contributed by atoms with Gasteiger partial charge >= 0.3 is 5.97 Å². The molecule has 2 amide bonds. The van der Waals surface area contributed by atoms with Crippen molar-refractivity contribution in [1.82, 2.24) is 5.32 Å². The van der Waals surface area contributed by atoms with Crippen LogP contribution in [0, 0.1) is 0 Å². The average molecular weight is 227 g/mol. The van der Waals surface area contributed by atoms with Gasteiger partial charge in [-0.05, 0) is 6.92 Å². The van der Waals surface area contributed by atoms with E-state index in [1.165, 1.54) is 0 Å². The number of carbonyl (C=O) groups is 3. The van der Waals surface area contributed by atoms with Gasteiger partial charge in [0.1, 0.15) is 0 Å². The van der Waals surface area contributed by atoms with E-state index in [0.717, 1.165) is 0 Å². The van der Waals surface area contributed by atoms with Gasteiger partial charge in [-0.2, -0.15) is 10.2 Å². The fourth-order valence-corrected chi connectivity index (χ4v) is 1.04. The first-order valence-corrected chi connectivity index (χ1v) is 4.90. The summed E-state index contributed by atoms with van der Waals surface area (Å²) in [6.45, 7) is 1.82. The van der Waals surface area contributed by atoms with Crippen LogP contribution < -0.4 is 5.32 Å². The van der Waals surface area contributed by atoms with Gasteiger partial charge in [-0.15, -0.1) is 0 Å². The lowest BCUT2D eigenvalue weighted by Gasteiger charge is -1.97. The maximum Gasteiger partial charge on any atom is 0.303 e. The van der Waals surface area contributed by atoms with Crippen LogP contribution in [0.1, 0.15) is 32.6 Å². The number of aliphatic carboxylic acids is 1. The van der Waals surface area contributed by atoms with Crippen molar-refractivity contribution in [3.8, 4) is 0 Å². The molecule has 0 aromatic heterocycles. The second kappa shape index (κ2) is 4.82. The number of carboxylic acids is 1. The zero-order chi connectivity index (χ0) is 12.2. The predicted molar refractivity (Wildman–Crippen MR) is 52.5 cm³/mol. The minimum Gasteiger partial charge on any atom is -0.481 e. The first-order valence-electron chi connectivity index (χ1n) is 4.90. The highest BCUT2D eigenvalue weighted by molar-refractivity contribution is 6.01. The van der Waals surface area contributed by atoms with Gasteiger partial charge in [0, 0.05) is 25.7 Å². The smallest absolute Gasteiger partial charge is 0.303 e. The lowest BCUT2D eigenvalue weighted by molar-refractivity contribution is -0.137. The van der Waals surface area contributed by atoms with E-state index in [9.17, 15) is 14.4 Å². The Hall–Kier alpha value is -1.79.